The molecule has 1 N–H and O–H groups in total. The number of hydrogen-bond acceptors (Lipinski definition) is 7. The van der Waals surface area contributed by atoms with Gasteiger partial charge < -0.3 is 9.64 Å². The number of aromatic nitrogens is 3. The number of carbonyl (C=O) groups is 1. The summed E-state index contributed by atoms with van der Waals surface area (Å²) in [4.78, 5) is 24.1. The number of nitrogens with one attached hydrogen (secondary N) is 1. The minimum Gasteiger partial charge on any atom is -0.378 e. The second kappa shape index (κ2) is 11.8. The molecule has 1 saturated heterocycles. The van der Waals surface area contributed by atoms with Gasteiger partial charge in [0.15, 0.2) is 11.6 Å². The quantitative estimate of drug-likeness (QED) is 0.208. The molecule has 206 valence electrons. The van der Waals surface area contributed by atoms with Crippen LogP contribution in [0.5, 0.6) is 0 Å². The first-order valence-corrected chi connectivity index (χ1v) is 14.4. The summed E-state index contributed by atoms with van der Waals surface area (Å²) < 4.78 is 33.7. The van der Waals surface area contributed by atoms with Crippen LogP contribution < -0.4 is 5.32 Å². The number of guanidine groups is 1. The Balaban J connectivity index is 1.52. The number of hydrogen-bond donors (Lipinski definition) is 1. The molecule has 5 rings (SSSR count). The lowest BCUT2D eigenvalue weighted by molar-refractivity contribution is 0.0679. The number of carbonyl (C=O) groups excluding carboxylic acids is 1. The fourth-order valence-corrected chi connectivity index (χ4v) is 5.65. The van der Waals surface area contributed by atoms with E-state index in [-0.39, 0.29) is 22.5 Å². The van der Waals surface area contributed by atoms with Crippen molar-refractivity contribution in [2.45, 2.75) is 17.7 Å². The second-order valence-electron chi connectivity index (χ2n) is 9.27. The van der Waals surface area contributed by atoms with Crippen molar-refractivity contribution in [2.75, 3.05) is 38.7 Å². The summed E-state index contributed by atoms with van der Waals surface area (Å²) in [6, 6.07) is 24.4. The lowest BCUT2D eigenvalue weighted by Crippen LogP contribution is -2.44. The van der Waals surface area contributed by atoms with Gasteiger partial charge in [-0.1, -0.05) is 73.7 Å². The van der Waals surface area contributed by atoms with Gasteiger partial charge in [0.1, 0.15) is 0 Å². The van der Waals surface area contributed by atoms with E-state index < -0.39 is 15.9 Å². The van der Waals surface area contributed by atoms with Crippen molar-refractivity contribution in [3.8, 4) is 0 Å². The maximum atomic E-state index is 13.7. The van der Waals surface area contributed by atoms with Crippen molar-refractivity contribution in [3.05, 3.63) is 107 Å². The third-order valence-electron chi connectivity index (χ3n) is 6.68. The number of aliphatic imine (C=N–C) groups is 1. The molecule has 0 bridgehead atoms. The average molecular weight is 559 g/mol. The van der Waals surface area contributed by atoms with Crippen LogP contribution in [0.3, 0.4) is 0 Å². The number of rotatable bonds is 7. The van der Waals surface area contributed by atoms with Gasteiger partial charge >= 0.3 is 0 Å². The van der Waals surface area contributed by atoms with Crippen LogP contribution in [0, 0.1) is 0 Å². The Morgan fingerprint density at radius 1 is 0.950 bits per heavy atom. The van der Waals surface area contributed by atoms with Gasteiger partial charge in [-0.2, -0.15) is 13.4 Å². The van der Waals surface area contributed by atoms with Gasteiger partial charge in [0.05, 0.1) is 18.1 Å². The summed E-state index contributed by atoms with van der Waals surface area (Å²) >= 11 is 0. The topological polar surface area (TPSA) is 119 Å². The van der Waals surface area contributed by atoms with Crippen molar-refractivity contribution in [1.29, 1.82) is 0 Å². The Morgan fingerprint density at radius 2 is 1.60 bits per heavy atom. The molecule has 1 aliphatic rings. The number of nitrogens with zero attached hydrogens (tertiary/aromatic N) is 5. The van der Waals surface area contributed by atoms with Gasteiger partial charge in [0.25, 0.3) is 10.0 Å². The molecule has 1 atom stereocenters. The Labute approximate surface area is 233 Å². The van der Waals surface area contributed by atoms with Crippen LogP contribution in [0.25, 0.3) is 0 Å². The molecule has 1 unspecified atom stereocenters. The number of anilines is 1. The molecule has 4 aromatic rings. The van der Waals surface area contributed by atoms with Crippen molar-refractivity contribution < 1.29 is 17.9 Å². The molecule has 3 aromatic carbocycles. The summed E-state index contributed by atoms with van der Waals surface area (Å²) in [5.74, 6) is 0.256. The van der Waals surface area contributed by atoms with Crippen molar-refractivity contribution in [1.82, 2.24) is 19.1 Å². The van der Waals surface area contributed by atoms with E-state index in [0.29, 0.717) is 43.4 Å². The zero-order valence-corrected chi connectivity index (χ0v) is 23.1. The fraction of sp³-hybridized carbons (Fsp3) is 0.241. The molecule has 2 heterocycles. The number of benzene rings is 3. The highest BCUT2D eigenvalue weighted by Gasteiger charge is 2.28. The standard InChI is InChI=1S/C29H30N6O4S/c1-21(23-12-9-13-24(20-23)26(36)22-10-5-3-6-11-22)27-31-29(32-28(30-2)34-16-18-39-19-17-34)35(33-27)40(37,38)25-14-7-4-8-15-25/h3-15,20-21H,16-19H2,1-2H3,(H,30,31,32,33). The first-order valence-electron chi connectivity index (χ1n) is 12.9. The maximum Gasteiger partial charge on any atom is 0.286 e. The Bertz CT molecular complexity index is 1610. The molecule has 1 aromatic heterocycles. The molecule has 0 radical (unpaired) electrons. The van der Waals surface area contributed by atoms with Gasteiger partial charge in [-0.25, -0.2) is 0 Å². The van der Waals surface area contributed by atoms with Crippen LogP contribution >= 0.6 is 0 Å². The molecule has 1 fully saturated rings. The highest BCUT2D eigenvalue weighted by molar-refractivity contribution is 7.90. The lowest BCUT2D eigenvalue weighted by Gasteiger charge is -2.29. The van der Waals surface area contributed by atoms with Gasteiger partial charge in [-0.3, -0.25) is 15.1 Å². The zero-order valence-electron chi connectivity index (χ0n) is 22.3. The van der Waals surface area contributed by atoms with E-state index in [0.717, 1.165) is 9.65 Å². The number of morpholine rings is 1. The van der Waals surface area contributed by atoms with Crippen molar-refractivity contribution in [3.63, 3.8) is 0 Å². The van der Waals surface area contributed by atoms with Crippen LogP contribution in [-0.4, -0.2) is 72.6 Å². The van der Waals surface area contributed by atoms with Crippen LogP contribution in [0.2, 0.25) is 0 Å². The van der Waals surface area contributed by atoms with E-state index in [4.69, 9.17) is 4.74 Å². The SMILES string of the molecule is CN=C(Nc1nc(C(C)c2cccc(C(=O)c3ccccc3)c2)nn1S(=O)(=O)c1ccccc1)N1CCOCC1. The highest BCUT2D eigenvalue weighted by Crippen LogP contribution is 2.27. The zero-order chi connectivity index (χ0) is 28.1. The Kier molecular flexibility index (Phi) is 8.04. The average Bonchev–Trinajstić information content (AvgIpc) is 3.45. The maximum absolute atomic E-state index is 13.7. The van der Waals surface area contributed by atoms with Crippen LogP contribution in [0.15, 0.2) is 94.8 Å². The summed E-state index contributed by atoms with van der Waals surface area (Å²) in [5.41, 5.74) is 1.89. The molecular formula is C29H30N6O4S. The van der Waals surface area contributed by atoms with E-state index in [9.17, 15) is 13.2 Å². The largest absolute Gasteiger partial charge is 0.378 e. The summed E-state index contributed by atoms with van der Waals surface area (Å²) in [5, 5.41) is 7.57. The van der Waals surface area contributed by atoms with Crippen LogP contribution in [0.4, 0.5) is 5.95 Å². The summed E-state index contributed by atoms with van der Waals surface area (Å²) in [6.45, 7) is 4.16. The second-order valence-corrected chi connectivity index (χ2v) is 11.0. The smallest absolute Gasteiger partial charge is 0.286 e. The first-order chi connectivity index (χ1) is 19.4. The predicted octanol–water partition coefficient (Wildman–Crippen LogP) is 3.63. The van der Waals surface area contributed by atoms with Crippen molar-refractivity contribution >= 4 is 27.7 Å². The number of ether oxygens (including phenoxy) is 1. The van der Waals surface area contributed by atoms with Crippen LogP contribution in [-0.2, 0) is 14.8 Å². The van der Waals surface area contributed by atoms with E-state index >= 15 is 0 Å². The molecule has 0 saturated carbocycles. The van der Waals surface area contributed by atoms with Gasteiger partial charge in [-0.05, 0) is 23.8 Å². The monoisotopic (exact) mass is 558 g/mol. The van der Waals surface area contributed by atoms with E-state index in [2.05, 4.69) is 20.4 Å². The Hall–Kier alpha value is -4.35. The van der Waals surface area contributed by atoms with Crippen LogP contribution in [0.1, 0.15) is 40.2 Å². The third kappa shape index (κ3) is 5.65. The minimum absolute atomic E-state index is 0.0225. The minimum atomic E-state index is -4.08. The van der Waals surface area contributed by atoms with Gasteiger partial charge in [0.2, 0.25) is 11.9 Å². The third-order valence-corrected chi connectivity index (χ3v) is 8.26. The normalized spacial score (nSPS) is 15.1. The molecule has 0 spiro atoms. The molecule has 0 amide bonds. The summed E-state index contributed by atoms with van der Waals surface area (Å²) in [7, 11) is -2.45. The Morgan fingerprint density at radius 3 is 2.27 bits per heavy atom. The number of ketones is 1. The van der Waals surface area contributed by atoms with E-state index in [1.807, 2.05) is 36.1 Å². The fourth-order valence-electron chi connectivity index (χ4n) is 4.44. The molecule has 40 heavy (non-hydrogen) atoms. The first kappa shape index (κ1) is 27.2. The molecule has 10 nitrogen and oxygen atoms in total. The molecular weight excluding hydrogens is 528 g/mol. The molecule has 0 aliphatic carbocycles. The van der Waals surface area contributed by atoms with Crippen molar-refractivity contribution in [2.24, 2.45) is 4.99 Å². The van der Waals surface area contributed by atoms with E-state index in [1.54, 1.807) is 55.6 Å². The highest BCUT2D eigenvalue weighted by atomic mass is 32.2. The van der Waals surface area contributed by atoms with E-state index in [1.165, 1.54) is 12.1 Å². The summed E-state index contributed by atoms with van der Waals surface area (Å²) in [6.07, 6.45) is 0. The molecule has 11 heteroatoms. The molecule has 1 aliphatic heterocycles. The van der Waals surface area contributed by atoms with Gasteiger partial charge in [0, 0.05) is 37.2 Å². The predicted molar refractivity (Wildman–Crippen MR) is 152 cm³/mol. The lowest BCUT2D eigenvalue weighted by atomic mass is 9.95. The van der Waals surface area contributed by atoms with Gasteiger partial charge in [-0.15, -0.1) is 9.19 Å².